The molecule has 0 bridgehead atoms. The standard InChI is InChI=1S/C10H10ClN3O4/c11-9-4-7(8(5-12-9)14(16)17)10(15)13-2-1-3-18-6-13/h4-5H,1-3,6H2. The van der Waals surface area contributed by atoms with Crippen LogP contribution in [0.25, 0.3) is 0 Å². The van der Waals surface area contributed by atoms with Crippen LogP contribution in [0, 0.1) is 10.1 Å². The van der Waals surface area contributed by atoms with E-state index in [-0.39, 0.29) is 23.1 Å². The Hall–Kier alpha value is -1.73. The first-order valence-electron chi connectivity index (χ1n) is 5.26. The Morgan fingerprint density at radius 2 is 2.39 bits per heavy atom. The summed E-state index contributed by atoms with van der Waals surface area (Å²) in [7, 11) is 0. The topological polar surface area (TPSA) is 85.6 Å². The minimum Gasteiger partial charge on any atom is -0.361 e. The number of ether oxygens (including phenoxy) is 1. The highest BCUT2D eigenvalue weighted by Crippen LogP contribution is 2.22. The van der Waals surface area contributed by atoms with Gasteiger partial charge in [-0.05, 0) is 12.5 Å². The highest BCUT2D eigenvalue weighted by molar-refractivity contribution is 6.29. The van der Waals surface area contributed by atoms with E-state index in [1.807, 2.05) is 0 Å². The van der Waals surface area contributed by atoms with Crippen LogP contribution in [0.5, 0.6) is 0 Å². The number of aromatic nitrogens is 1. The number of pyridine rings is 1. The predicted molar refractivity (Wildman–Crippen MR) is 62.4 cm³/mol. The lowest BCUT2D eigenvalue weighted by atomic mass is 10.2. The van der Waals surface area contributed by atoms with E-state index in [1.165, 1.54) is 11.0 Å². The minimum absolute atomic E-state index is 0.0434. The van der Waals surface area contributed by atoms with Gasteiger partial charge in [-0.2, -0.15) is 0 Å². The van der Waals surface area contributed by atoms with Gasteiger partial charge in [0.15, 0.2) is 0 Å². The maximum Gasteiger partial charge on any atom is 0.300 e. The van der Waals surface area contributed by atoms with Gasteiger partial charge < -0.3 is 9.64 Å². The largest absolute Gasteiger partial charge is 0.361 e. The molecule has 1 aliphatic rings. The van der Waals surface area contributed by atoms with Crippen molar-refractivity contribution in [1.82, 2.24) is 9.88 Å². The SMILES string of the molecule is O=C(c1cc(Cl)ncc1[N+](=O)[O-])N1CCCOC1. The average Bonchev–Trinajstić information content (AvgIpc) is 2.38. The normalized spacial score (nSPS) is 15.5. The molecule has 1 saturated heterocycles. The first-order chi connectivity index (χ1) is 8.59. The Morgan fingerprint density at radius 3 is 3.00 bits per heavy atom. The molecule has 0 atom stereocenters. The van der Waals surface area contributed by atoms with Crippen molar-refractivity contribution in [3.05, 3.63) is 33.1 Å². The van der Waals surface area contributed by atoms with Gasteiger partial charge in [0.2, 0.25) is 0 Å². The highest BCUT2D eigenvalue weighted by atomic mass is 35.5. The molecule has 1 fully saturated rings. The maximum atomic E-state index is 12.1. The van der Waals surface area contributed by atoms with Crippen molar-refractivity contribution in [2.45, 2.75) is 6.42 Å². The molecule has 1 aliphatic heterocycles. The van der Waals surface area contributed by atoms with Gasteiger partial charge in [-0.25, -0.2) is 4.98 Å². The van der Waals surface area contributed by atoms with Gasteiger partial charge in [-0.3, -0.25) is 14.9 Å². The Labute approximate surface area is 107 Å². The summed E-state index contributed by atoms with van der Waals surface area (Å²) in [4.78, 5) is 27.3. The van der Waals surface area contributed by atoms with Crippen LogP contribution in [-0.4, -0.2) is 40.6 Å². The van der Waals surface area contributed by atoms with Crippen molar-refractivity contribution in [2.24, 2.45) is 0 Å². The summed E-state index contributed by atoms with van der Waals surface area (Å²) < 4.78 is 5.14. The van der Waals surface area contributed by atoms with Gasteiger partial charge in [-0.1, -0.05) is 11.6 Å². The monoisotopic (exact) mass is 271 g/mol. The highest BCUT2D eigenvalue weighted by Gasteiger charge is 2.26. The summed E-state index contributed by atoms with van der Waals surface area (Å²) in [5, 5.41) is 10.9. The number of hydrogen-bond donors (Lipinski definition) is 0. The molecular weight excluding hydrogens is 262 g/mol. The zero-order valence-electron chi connectivity index (χ0n) is 9.34. The molecule has 1 amide bonds. The quantitative estimate of drug-likeness (QED) is 0.462. The van der Waals surface area contributed by atoms with Crippen LogP contribution in [0.15, 0.2) is 12.3 Å². The van der Waals surface area contributed by atoms with Gasteiger partial charge in [0.1, 0.15) is 23.6 Å². The lowest BCUT2D eigenvalue weighted by Gasteiger charge is -2.26. The molecule has 0 aromatic carbocycles. The third-order valence-corrected chi connectivity index (χ3v) is 2.73. The Bertz CT molecular complexity index is 488. The van der Waals surface area contributed by atoms with Crippen LogP contribution < -0.4 is 0 Å². The van der Waals surface area contributed by atoms with Crippen molar-refractivity contribution in [3.63, 3.8) is 0 Å². The lowest BCUT2D eigenvalue weighted by Crippen LogP contribution is -2.38. The zero-order valence-corrected chi connectivity index (χ0v) is 10.1. The third kappa shape index (κ3) is 2.57. The van der Waals surface area contributed by atoms with Crippen LogP contribution in [0.1, 0.15) is 16.8 Å². The molecule has 0 spiro atoms. The number of halogens is 1. The lowest BCUT2D eigenvalue weighted by molar-refractivity contribution is -0.385. The Kier molecular flexibility index (Phi) is 3.73. The second kappa shape index (κ2) is 5.28. The van der Waals surface area contributed by atoms with Crippen LogP contribution >= 0.6 is 11.6 Å². The number of carbonyl (C=O) groups is 1. The Morgan fingerprint density at radius 1 is 1.61 bits per heavy atom. The second-order valence-electron chi connectivity index (χ2n) is 3.74. The second-order valence-corrected chi connectivity index (χ2v) is 4.13. The average molecular weight is 272 g/mol. The van der Waals surface area contributed by atoms with E-state index < -0.39 is 10.8 Å². The zero-order chi connectivity index (χ0) is 13.1. The first-order valence-corrected chi connectivity index (χ1v) is 5.64. The molecule has 2 heterocycles. The van der Waals surface area contributed by atoms with Crippen molar-refractivity contribution >= 4 is 23.2 Å². The van der Waals surface area contributed by atoms with Crippen LogP contribution in [0.3, 0.4) is 0 Å². The van der Waals surface area contributed by atoms with Gasteiger partial charge >= 0.3 is 0 Å². The summed E-state index contributed by atoms with van der Waals surface area (Å²) in [6.07, 6.45) is 1.69. The van der Waals surface area contributed by atoms with E-state index in [9.17, 15) is 14.9 Å². The van der Waals surface area contributed by atoms with Gasteiger partial charge in [0, 0.05) is 6.54 Å². The third-order valence-electron chi connectivity index (χ3n) is 2.53. The predicted octanol–water partition coefficient (Wildman–Crippen LogP) is 1.46. The van der Waals surface area contributed by atoms with Gasteiger partial charge in [0.25, 0.3) is 11.6 Å². The molecule has 7 nitrogen and oxygen atoms in total. The number of nitrogens with zero attached hydrogens (tertiary/aromatic N) is 3. The van der Waals surface area contributed by atoms with E-state index >= 15 is 0 Å². The summed E-state index contributed by atoms with van der Waals surface area (Å²) in [6, 6.07) is 1.20. The molecular formula is C10H10ClN3O4. The summed E-state index contributed by atoms with van der Waals surface area (Å²) in [5.41, 5.74) is -0.416. The fourth-order valence-electron chi connectivity index (χ4n) is 1.67. The molecule has 96 valence electrons. The summed E-state index contributed by atoms with van der Waals surface area (Å²) >= 11 is 5.67. The van der Waals surface area contributed by atoms with E-state index in [4.69, 9.17) is 16.3 Å². The molecule has 0 aliphatic carbocycles. The molecule has 18 heavy (non-hydrogen) atoms. The minimum atomic E-state index is -0.651. The molecule has 2 rings (SSSR count). The summed E-state index contributed by atoms with van der Waals surface area (Å²) in [5.74, 6) is -0.467. The van der Waals surface area contributed by atoms with Crippen molar-refractivity contribution in [1.29, 1.82) is 0 Å². The van der Waals surface area contributed by atoms with E-state index in [2.05, 4.69) is 4.98 Å². The first kappa shape index (κ1) is 12.7. The van der Waals surface area contributed by atoms with Crippen LogP contribution in [0.2, 0.25) is 5.15 Å². The Balaban J connectivity index is 2.33. The fourth-order valence-corrected chi connectivity index (χ4v) is 1.82. The maximum absolute atomic E-state index is 12.1. The fraction of sp³-hybridized carbons (Fsp3) is 0.400. The number of carbonyl (C=O) groups excluding carboxylic acids is 1. The molecule has 0 saturated carbocycles. The van der Waals surface area contributed by atoms with E-state index in [1.54, 1.807) is 0 Å². The molecule has 8 heteroatoms. The van der Waals surface area contributed by atoms with Crippen molar-refractivity contribution in [3.8, 4) is 0 Å². The van der Waals surface area contributed by atoms with Crippen molar-refractivity contribution < 1.29 is 14.5 Å². The number of rotatable bonds is 2. The number of nitro groups is 1. The molecule has 0 unspecified atom stereocenters. The van der Waals surface area contributed by atoms with Crippen LogP contribution in [-0.2, 0) is 4.74 Å². The van der Waals surface area contributed by atoms with E-state index in [0.29, 0.717) is 19.6 Å². The summed E-state index contributed by atoms with van der Waals surface area (Å²) in [6.45, 7) is 1.23. The van der Waals surface area contributed by atoms with Crippen molar-refractivity contribution in [2.75, 3.05) is 19.9 Å². The molecule has 1 aromatic heterocycles. The van der Waals surface area contributed by atoms with Gasteiger partial charge in [-0.15, -0.1) is 0 Å². The smallest absolute Gasteiger partial charge is 0.300 e. The molecule has 0 radical (unpaired) electrons. The molecule has 1 aromatic rings. The number of hydrogen-bond acceptors (Lipinski definition) is 5. The molecule has 0 N–H and O–H groups in total. The number of amides is 1. The van der Waals surface area contributed by atoms with Crippen LogP contribution in [0.4, 0.5) is 5.69 Å². The van der Waals surface area contributed by atoms with Gasteiger partial charge in [0.05, 0.1) is 11.5 Å². The van der Waals surface area contributed by atoms with E-state index in [0.717, 1.165) is 6.20 Å².